The van der Waals surface area contributed by atoms with Gasteiger partial charge in [-0.25, -0.2) is 0 Å². The van der Waals surface area contributed by atoms with Crippen molar-refractivity contribution in [3.8, 4) is 0 Å². The summed E-state index contributed by atoms with van der Waals surface area (Å²) in [5, 5.41) is 14.0. The smallest absolute Gasteiger partial charge is 0.293 e. The van der Waals surface area contributed by atoms with E-state index in [4.69, 9.17) is 0 Å². The fourth-order valence-corrected chi connectivity index (χ4v) is 2.54. The number of hydrogen-bond acceptors (Lipinski definition) is 4. The number of carbonyl (C=O) groups is 1. The van der Waals surface area contributed by atoms with Crippen molar-refractivity contribution in [2.24, 2.45) is 0 Å². The van der Waals surface area contributed by atoms with Crippen LogP contribution in [-0.2, 0) is 6.54 Å². The summed E-state index contributed by atoms with van der Waals surface area (Å²) in [5.74, 6) is -0.202. The fraction of sp³-hybridized carbons (Fsp3) is 0.278. The van der Waals surface area contributed by atoms with Crippen molar-refractivity contribution in [1.82, 2.24) is 4.90 Å². The zero-order chi connectivity index (χ0) is 17.5. The van der Waals surface area contributed by atoms with Crippen LogP contribution in [0.1, 0.15) is 29.3 Å². The van der Waals surface area contributed by atoms with E-state index >= 15 is 0 Å². The molecule has 0 heterocycles. The van der Waals surface area contributed by atoms with Gasteiger partial charge in [0.25, 0.3) is 11.6 Å². The SMILES string of the molecule is CCCN(Cc1ccccc1)C(=O)c1ccc(NC)c([N+](=O)[O-])c1. The standard InChI is InChI=1S/C18H21N3O3/c1-3-11-20(13-14-7-5-4-6-8-14)18(22)15-9-10-16(19-2)17(12-15)21(23)24/h4-10,12,19H,3,11,13H2,1-2H3. The molecule has 0 fully saturated rings. The molecule has 0 aliphatic heterocycles. The molecule has 2 rings (SSSR count). The monoisotopic (exact) mass is 327 g/mol. The van der Waals surface area contributed by atoms with Crippen LogP contribution in [0.2, 0.25) is 0 Å². The van der Waals surface area contributed by atoms with Crippen LogP contribution in [0.25, 0.3) is 0 Å². The molecule has 0 aliphatic rings. The molecule has 0 spiro atoms. The van der Waals surface area contributed by atoms with Gasteiger partial charge in [0.2, 0.25) is 0 Å². The number of nitrogens with one attached hydrogen (secondary N) is 1. The van der Waals surface area contributed by atoms with Gasteiger partial charge in [-0.05, 0) is 24.1 Å². The van der Waals surface area contributed by atoms with Crippen molar-refractivity contribution in [1.29, 1.82) is 0 Å². The Labute approximate surface area is 141 Å². The zero-order valence-electron chi connectivity index (χ0n) is 13.9. The van der Waals surface area contributed by atoms with Crippen LogP contribution < -0.4 is 5.32 Å². The lowest BCUT2D eigenvalue weighted by atomic mass is 10.1. The van der Waals surface area contributed by atoms with E-state index in [0.29, 0.717) is 24.3 Å². The molecule has 2 aromatic carbocycles. The van der Waals surface area contributed by atoms with Gasteiger partial charge in [-0.3, -0.25) is 14.9 Å². The summed E-state index contributed by atoms with van der Waals surface area (Å²) in [7, 11) is 1.61. The minimum absolute atomic E-state index is 0.0977. The first-order valence-corrected chi connectivity index (χ1v) is 7.86. The highest BCUT2D eigenvalue weighted by atomic mass is 16.6. The maximum absolute atomic E-state index is 12.8. The lowest BCUT2D eigenvalue weighted by Crippen LogP contribution is -2.31. The molecule has 0 saturated carbocycles. The molecule has 1 N–H and O–H groups in total. The Hall–Kier alpha value is -2.89. The van der Waals surface area contributed by atoms with E-state index in [9.17, 15) is 14.9 Å². The maximum atomic E-state index is 12.8. The van der Waals surface area contributed by atoms with Crippen molar-refractivity contribution in [3.63, 3.8) is 0 Å². The van der Waals surface area contributed by atoms with E-state index < -0.39 is 4.92 Å². The average molecular weight is 327 g/mol. The highest BCUT2D eigenvalue weighted by Crippen LogP contribution is 2.26. The summed E-state index contributed by atoms with van der Waals surface area (Å²) in [6, 6.07) is 14.2. The minimum atomic E-state index is -0.482. The third-order valence-electron chi connectivity index (χ3n) is 3.71. The van der Waals surface area contributed by atoms with E-state index in [1.807, 2.05) is 37.3 Å². The third-order valence-corrected chi connectivity index (χ3v) is 3.71. The van der Waals surface area contributed by atoms with Gasteiger partial charge in [0.1, 0.15) is 5.69 Å². The predicted octanol–water partition coefficient (Wildman–Crippen LogP) is 3.69. The number of hydrogen-bond donors (Lipinski definition) is 1. The molecule has 6 heteroatoms. The van der Waals surface area contributed by atoms with Crippen LogP contribution in [-0.4, -0.2) is 29.3 Å². The van der Waals surface area contributed by atoms with E-state index in [1.54, 1.807) is 24.1 Å². The number of amides is 1. The van der Waals surface area contributed by atoms with Crippen LogP contribution in [0.3, 0.4) is 0 Å². The van der Waals surface area contributed by atoms with Gasteiger partial charge in [-0.2, -0.15) is 0 Å². The molecule has 0 saturated heterocycles. The second-order valence-corrected chi connectivity index (χ2v) is 5.45. The summed E-state index contributed by atoms with van der Waals surface area (Å²) >= 11 is 0. The first-order valence-electron chi connectivity index (χ1n) is 7.86. The van der Waals surface area contributed by atoms with Gasteiger partial charge in [-0.1, -0.05) is 37.3 Å². The molecule has 1 amide bonds. The van der Waals surface area contributed by atoms with Gasteiger partial charge in [0.15, 0.2) is 0 Å². The molecule has 0 unspecified atom stereocenters. The first kappa shape index (κ1) is 17.5. The van der Waals surface area contributed by atoms with Crippen molar-refractivity contribution >= 4 is 17.3 Å². The van der Waals surface area contributed by atoms with Gasteiger partial charge in [0, 0.05) is 31.8 Å². The van der Waals surface area contributed by atoms with Crippen LogP contribution in [0, 0.1) is 10.1 Å². The number of nitrogens with zero attached hydrogens (tertiary/aromatic N) is 2. The summed E-state index contributed by atoms with van der Waals surface area (Å²) in [4.78, 5) is 25.2. The normalized spacial score (nSPS) is 10.2. The Morgan fingerprint density at radius 2 is 1.92 bits per heavy atom. The highest BCUT2D eigenvalue weighted by Gasteiger charge is 2.20. The zero-order valence-corrected chi connectivity index (χ0v) is 13.9. The van der Waals surface area contributed by atoms with Gasteiger partial charge >= 0.3 is 0 Å². The number of benzene rings is 2. The van der Waals surface area contributed by atoms with Crippen LogP contribution >= 0.6 is 0 Å². The Kier molecular flexibility index (Phi) is 5.89. The largest absolute Gasteiger partial charge is 0.383 e. The second kappa shape index (κ2) is 8.10. The van der Waals surface area contributed by atoms with Crippen molar-refractivity contribution in [3.05, 3.63) is 69.8 Å². The highest BCUT2D eigenvalue weighted by molar-refractivity contribution is 5.95. The Balaban J connectivity index is 2.29. The number of carbonyl (C=O) groups excluding carboxylic acids is 1. The number of rotatable bonds is 7. The lowest BCUT2D eigenvalue weighted by molar-refractivity contribution is -0.384. The molecular weight excluding hydrogens is 306 g/mol. The molecule has 0 atom stereocenters. The van der Waals surface area contributed by atoms with E-state index in [0.717, 1.165) is 12.0 Å². The van der Waals surface area contributed by atoms with Crippen molar-refractivity contribution < 1.29 is 9.72 Å². The maximum Gasteiger partial charge on any atom is 0.293 e. The second-order valence-electron chi connectivity index (χ2n) is 5.45. The van der Waals surface area contributed by atoms with Gasteiger partial charge in [0.05, 0.1) is 4.92 Å². The summed E-state index contributed by atoms with van der Waals surface area (Å²) in [6.07, 6.45) is 0.815. The van der Waals surface area contributed by atoms with E-state index in [1.165, 1.54) is 6.07 Å². The fourth-order valence-electron chi connectivity index (χ4n) is 2.54. The quantitative estimate of drug-likeness (QED) is 0.621. The molecule has 24 heavy (non-hydrogen) atoms. The Bertz CT molecular complexity index is 717. The molecule has 0 bridgehead atoms. The number of anilines is 1. The topological polar surface area (TPSA) is 75.5 Å². The molecule has 126 valence electrons. The summed E-state index contributed by atoms with van der Waals surface area (Å²) < 4.78 is 0. The predicted molar refractivity (Wildman–Crippen MR) is 94.1 cm³/mol. The first-order chi connectivity index (χ1) is 11.6. The summed E-state index contributed by atoms with van der Waals surface area (Å²) in [5.41, 5.74) is 1.65. The molecule has 6 nitrogen and oxygen atoms in total. The van der Waals surface area contributed by atoms with Crippen molar-refractivity contribution in [2.45, 2.75) is 19.9 Å². The molecular formula is C18H21N3O3. The third kappa shape index (κ3) is 4.10. The average Bonchev–Trinajstić information content (AvgIpc) is 2.61. The van der Waals surface area contributed by atoms with Crippen LogP contribution in [0.15, 0.2) is 48.5 Å². The Morgan fingerprint density at radius 1 is 1.21 bits per heavy atom. The minimum Gasteiger partial charge on any atom is -0.383 e. The summed E-state index contributed by atoms with van der Waals surface area (Å²) in [6.45, 7) is 3.07. The molecule has 0 aromatic heterocycles. The van der Waals surface area contributed by atoms with E-state index in [-0.39, 0.29) is 11.6 Å². The number of nitro groups is 1. The molecule has 2 aromatic rings. The molecule has 0 aliphatic carbocycles. The van der Waals surface area contributed by atoms with E-state index in [2.05, 4.69) is 5.32 Å². The van der Waals surface area contributed by atoms with Crippen molar-refractivity contribution in [2.75, 3.05) is 18.9 Å². The van der Waals surface area contributed by atoms with Gasteiger partial charge in [-0.15, -0.1) is 0 Å². The molecule has 0 radical (unpaired) electrons. The van der Waals surface area contributed by atoms with Crippen LogP contribution in [0.4, 0.5) is 11.4 Å². The number of nitro benzene ring substituents is 1. The van der Waals surface area contributed by atoms with Crippen LogP contribution in [0.5, 0.6) is 0 Å². The van der Waals surface area contributed by atoms with Gasteiger partial charge < -0.3 is 10.2 Å². The Morgan fingerprint density at radius 3 is 2.50 bits per heavy atom. The lowest BCUT2D eigenvalue weighted by Gasteiger charge is -2.22.